The van der Waals surface area contributed by atoms with E-state index in [9.17, 15) is 0 Å². The molecule has 0 saturated carbocycles. The van der Waals surface area contributed by atoms with Crippen LogP contribution in [0.3, 0.4) is 0 Å². The third-order valence-electron chi connectivity index (χ3n) is 11.7. The lowest BCUT2D eigenvalue weighted by atomic mass is 9.84. The molecule has 0 aromatic heterocycles. The van der Waals surface area contributed by atoms with E-state index in [1.807, 2.05) is 0 Å². The lowest BCUT2D eigenvalue weighted by Gasteiger charge is -2.22. The molecule has 0 saturated heterocycles. The number of benzene rings is 2. The monoisotopic (exact) mass is 667 g/mol. The zero-order valence-electron chi connectivity index (χ0n) is 32.1. The van der Waals surface area contributed by atoms with E-state index in [-0.39, 0.29) is 0 Å². The SMILES string of the molecule is CCCCCc1ccc(CCC2CC=C(CCCCCOCCCCCC3=CCC(CCc4ccc(CCCCC)cc4)CC3)CC2)cc1. The Morgan fingerprint density at radius 1 is 0.449 bits per heavy atom. The van der Waals surface area contributed by atoms with E-state index < -0.39 is 0 Å². The molecule has 49 heavy (non-hydrogen) atoms. The van der Waals surface area contributed by atoms with Crippen molar-refractivity contribution in [2.24, 2.45) is 11.8 Å². The number of unbranched alkanes of at least 4 members (excludes halogenated alkanes) is 8. The standard InChI is InChI=1S/C48H74O/c1-3-5-9-15-41-19-27-45(28-20-41)35-37-47-31-23-43(24-32-47)17-11-7-13-39-49-40-14-8-12-18-44-25-33-48(34-26-44)38-36-46-29-21-42(22-30-46)16-10-6-4-2/h19-23,25,27-30,47-48H,3-18,24,26,31-40H2,1-2H3. The molecule has 2 aromatic carbocycles. The summed E-state index contributed by atoms with van der Waals surface area (Å²) < 4.78 is 6.00. The first-order valence-electron chi connectivity index (χ1n) is 21.3. The lowest BCUT2D eigenvalue weighted by molar-refractivity contribution is 0.126. The molecule has 2 aromatic rings. The molecule has 0 heterocycles. The summed E-state index contributed by atoms with van der Waals surface area (Å²) in [6.45, 7) is 6.48. The van der Waals surface area contributed by atoms with E-state index >= 15 is 0 Å². The van der Waals surface area contributed by atoms with Gasteiger partial charge in [0.2, 0.25) is 0 Å². The van der Waals surface area contributed by atoms with Crippen molar-refractivity contribution in [2.75, 3.05) is 13.2 Å². The maximum Gasteiger partial charge on any atom is 0.0466 e. The highest BCUT2D eigenvalue weighted by Gasteiger charge is 2.16. The Morgan fingerprint density at radius 3 is 1.20 bits per heavy atom. The topological polar surface area (TPSA) is 9.23 Å². The molecule has 0 spiro atoms. The summed E-state index contributed by atoms with van der Waals surface area (Å²) in [6, 6.07) is 19.0. The maximum absolute atomic E-state index is 6.00. The van der Waals surface area contributed by atoms with Crippen molar-refractivity contribution in [1.29, 1.82) is 0 Å². The van der Waals surface area contributed by atoms with Crippen LogP contribution in [0.5, 0.6) is 0 Å². The number of ether oxygens (including phenoxy) is 1. The van der Waals surface area contributed by atoms with Crippen LogP contribution in [0.15, 0.2) is 71.8 Å². The Kier molecular flexibility index (Phi) is 20.2. The Morgan fingerprint density at radius 2 is 0.837 bits per heavy atom. The molecule has 0 amide bonds. The number of hydrogen-bond acceptors (Lipinski definition) is 1. The van der Waals surface area contributed by atoms with Gasteiger partial charge in [-0.05, 0) is 163 Å². The van der Waals surface area contributed by atoms with Gasteiger partial charge in [0.25, 0.3) is 0 Å². The molecule has 0 N–H and O–H groups in total. The Balaban J connectivity index is 0.920. The summed E-state index contributed by atoms with van der Waals surface area (Å²) in [4.78, 5) is 0. The molecule has 4 rings (SSSR count). The molecular formula is C48H74O. The molecule has 2 aliphatic rings. The fourth-order valence-electron chi connectivity index (χ4n) is 8.08. The summed E-state index contributed by atoms with van der Waals surface area (Å²) >= 11 is 0. The van der Waals surface area contributed by atoms with E-state index in [0.717, 1.165) is 25.0 Å². The van der Waals surface area contributed by atoms with E-state index in [0.29, 0.717) is 0 Å². The quantitative estimate of drug-likeness (QED) is 0.0717. The zero-order chi connectivity index (χ0) is 34.2. The van der Waals surface area contributed by atoms with E-state index in [1.165, 1.54) is 189 Å². The summed E-state index contributed by atoms with van der Waals surface area (Å²) in [7, 11) is 0. The van der Waals surface area contributed by atoms with Gasteiger partial charge in [0.15, 0.2) is 0 Å². The molecule has 2 aliphatic carbocycles. The first-order chi connectivity index (χ1) is 24.2. The number of allylic oxidation sites excluding steroid dienone is 4. The summed E-state index contributed by atoms with van der Waals surface area (Å²) in [5.41, 5.74) is 9.56. The molecule has 0 fully saturated rings. The predicted molar refractivity (Wildman–Crippen MR) is 215 cm³/mol. The molecule has 2 atom stereocenters. The summed E-state index contributed by atoms with van der Waals surface area (Å²) in [5.74, 6) is 1.77. The van der Waals surface area contributed by atoms with Crippen molar-refractivity contribution in [3.8, 4) is 0 Å². The van der Waals surface area contributed by atoms with Crippen molar-refractivity contribution in [2.45, 2.75) is 181 Å². The second kappa shape index (κ2) is 24.9. The minimum atomic E-state index is 0.886. The third-order valence-corrected chi connectivity index (χ3v) is 11.7. The van der Waals surface area contributed by atoms with Gasteiger partial charge < -0.3 is 4.74 Å². The van der Waals surface area contributed by atoms with Crippen molar-refractivity contribution >= 4 is 0 Å². The van der Waals surface area contributed by atoms with Gasteiger partial charge in [0.05, 0.1) is 0 Å². The number of aryl methyl sites for hydroxylation is 4. The van der Waals surface area contributed by atoms with Gasteiger partial charge in [-0.1, -0.05) is 124 Å². The largest absolute Gasteiger partial charge is 0.381 e. The second-order valence-electron chi connectivity index (χ2n) is 15.9. The summed E-state index contributed by atoms with van der Waals surface area (Å²) in [6.07, 6.45) is 39.3. The first kappa shape index (κ1) is 39.7. The maximum atomic E-state index is 6.00. The predicted octanol–water partition coefficient (Wildman–Crippen LogP) is 14.3. The average molecular weight is 667 g/mol. The Hall–Kier alpha value is -2.12. The molecular weight excluding hydrogens is 593 g/mol. The molecule has 0 aliphatic heterocycles. The zero-order valence-corrected chi connectivity index (χ0v) is 32.1. The van der Waals surface area contributed by atoms with Crippen LogP contribution in [-0.2, 0) is 30.4 Å². The molecule has 0 bridgehead atoms. The van der Waals surface area contributed by atoms with Gasteiger partial charge in [-0.15, -0.1) is 0 Å². The van der Waals surface area contributed by atoms with Gasteiger partial charge in [-0.3, -0.25) is 0 Å². The third kappa shape index (κ3) is 17.1. The van der Waals surface area contributed by atoms with Crippen LogP contribution in [-0.4, -0.2) is 13.2 Å². The molecule has 1 heteroatoms. The average Bonchev–Trinajstić information content (AvgIpc) is 3.14. The highest BCUT2D eigenvalue weighted by atomic mass is 16.5. The van der Waals surface area contributed by atoms with Crippen LogP contribution < -0.4 is 0 Å². The van der Waals surface area contributed by atoms with E-state index in [2.05, 4.69) is 74.5 Å². The van der Waals surface area contributed by atoms with Crippen LogP contribution in [0.25, 0.3) is 0 Å². The van der Waals surface area contributed by atoms with Crippen molar-refractivity contribution < 1.29 is 4.74 Å². The van der Waals surface area contributed by atoms with Crippen LogP contribution in [0.4, 0.5) is 0 Å². The minimum absolute atomic E-state index is 0.886. The Bertz CT molecular complexity index is 1080. The molecule has 1 nitrogen and oxygen atoms in total. The van der Waals surface area contributed by atoms with Crippen LogP contribution in [0.1, 0.15) is 177 Å². The number of rotatable bonds is 26. The van der Waals surface area contributed by atoms with E-state index in [1.54, 1.807) is 11.1 Å². The van der Waals surface area contributed by atoms with Gasteiger partial charge in [-0.2, -0.15) is 0 Å². The second-order valence-corrected chi connectivity index (χ2v) is 15.9. The van der Waals surface area contributed by atoms with Gasteiger partial charge in [0, 0.05) is 13.2 Å². The van der Waals surface area contributed by atoms with Crippen molar-refractivity contribution in [3.63, 3.8) is 0 Å². The van der Waals surface area contributed by atoms with Crippen LogP contribution >= 0.6 is 0 Å². The van der Waals surface area contributed by atoms with Crippen molar-refractivity contribution in [3.05, 3.63) is 94.1 Å². The highest BCUT2D eigenvalue weighted by molar-refractivity contribution is 5.24. The van der Waals surface area contributed by atoms with Gasteiger partial charge >= 0.3 is 0 Å². The first-order valence-corrected chi connectivity index (χ1v) is 21.3. The number of hydrogen-bond donors (Lipinski definition) is 0. The van der Waals surface area contributed by atoms with Crippen LogP contribution in [0.2, 0.25) is 0 Å². The van der Waals surface area contributed by atoms with Crippen LogP contribution in [0, 0.1) is 11.8 Å². The van der Waals surface area contributed by atoms with Gasteiger partial charge in [0.1, 0.15) is 0 Å². The minimum Gasteiger partial charge on any atom is -0.381 e. The molecule has 2 unspecified atom stereocenters. The summed E-state index contributed by atoms with van der Waals surface area (Å²) in [5, 5.41) is 0. The normalized spacial score (nSPS) is 18.0. The van der Waals surface area contributed by atoms with Gasteiger partial charge in [-0.25, -0.2) is 0 Å². The molecule has 0 radical (unpaired) electrons. The Labute approximate surface area is 303 Å². The smallest absolute Gasteiger partial charge is 0.0466 e. The fourth-order valence-corrected chi connectivity index (χ4v) is 8.08. The van der Waals surface area contributed by atoms with E-state index in [4.69, 9.17) is 4.74 Å². The molecule has 272 valence electrons. The van der Waals surface area contributed by atoms with Crippen molar-refractivity contribution in [1.82, 2.24) is 0 Å². The highest BCUT2D eigenvalue weighted by Crippen LogP contribution is 2.31. The lowest BCUT2D eigenvalue weighted by Crippen LogP contribution is -2.07. The fraction of sp³-hybridized carbons (Fsp3) is 0.667.